The molecule has 28 heavy (non-hydrogen) atoms. The van der Waals surface area contributed by atoms with Crippen LogP contribution in [0.5, 0.6) is 0 Å². The van der Waals surface area contributed by atoms with Crippen LogP contribution >= 0.6 is 11.6 Å². The monoisotopic (exact) mass is 401 g/mol. The van der Waals surface area contributed by atoms with Gasteiger partial charge < -0.3 is 9.84 Å². The van der Waals surface area contributed by atoms with E-state index in [0.717, 1.165) is 11.3 Å². The lowest BCUT2D eigenvalue weighted by Gasteiger charge is -2.10. The van der Waals surface area contributed by atoms with Gasteiger partial charge in [0.25, 0.3) is 0 Å². The molecule has 0 saturated carbocycles. The quantitative estimate of drug-likeness (QED) is 0.649. The second-order valence-electron chi connectivity index (χ2n) is 7.66. The Bertz CT molecular complexity index is 925. The molecule has 0 aliphatic heterocycles. The van der Waals surface area contributed by atoms with Crippen LogP contribution < -0.4 is 5.32 Å². The maximum absolute atomic E-state index is 12.1. The van der Waals surface area contributed by atoms with E-state index >= 15 is 0 Å². The van der Waals surface area contributed by atoms with Crippen LogP contribution in [-0.2, 0) is 23.2 Å². The summed E-state index contributed by atoms with van der Waals surface area (Å²) in [6, 6.07) is 7.41. The Morgan fingerprint density at radius 1 is 1.25 bits per heavy atom. The third-order valence-electron chi connectivity index (χ3n) is 4.15. The van der Waals surface area contributed by atoms with Gasteiger partial charge in [0.2, 0.25) is 11.8 Å². The molecular weight excluding hydrogens is 378 g/mol. The summed E-state index contributed by atoms with van der Waals surface area (Å²) in [4.78, 5) is 16.4. The zero-order chi connectivity index (χ0) is 20.1. The predicted octanol–water partition coefficient (Wildman–Crippen LogP) is 3.85. The lowest BCUT2D eigenvalue weighted by molar-refractivity contribution is -0.121. The fourth-order valence-electron chi connectivity index (χ4n) is 2.54. The van der Waals surface area contributed by atoms with Crippen molar-refractivity contribution in [1.29, 1.82) is 0 Å². The van der Waals surface area contributed by atoms with Crippen molar-refractivity contribution in [3.8, 4) is 5.69 Å². The molecular formula is C20H24ClN5O2. The number of halogens is 1. The molecule has 0 unspecified atom stereocenters. The first kappa shape index (κ1) is 20.1. The molecule has 0 atom stereocenters. The van der Waals surface area contributed by atoms with E-state index in [1.54, 1.807) is 10.9 Å². The van der Waals surface area contributed by atoms with E-state index < -0.39 is 0 Å². The van der Waals surface area contributed by atoms with Crippen molar-refractivity contribution in [1.82, 2.24) is 25.2 Å². The third kappa shape index (κ3) is 5.42. The van der Waals surface area contributed by atoms with Crippen LogP contribution in [0.15, 0.2) is 41.2 Å². The Kier molecular flexibility index (Phi) is 6.14. The van der Waals surface area contributed by atoms with Crippen molar-refractivity contribution in [3.63, 3.8) is 0 Å². The number of nitrogens with zero attached hydrogens (tertiary/aromatic N) is 4. The second kappa shape index (κ2) is 8.56. The Labute approximate surface area is 169 Å². The molecule has 8 heteroatoms. The molecule has 0 aliphatic carbocycles. The molecule has 1 aromatic carbocycles. The molecule has 0 saturated heterocycles. The molecule has 0 fully saturated rings. The van der Waals surface area contributed by atoms with Crippen molar-refractivity contribution < 1.29 is 9.32 Å². The van der Waals surface area contributed by atoms with Crippen LogP contribution in [0, 0.1) is 0 Å². The molecule has 2 heterocycles. The number of carbonyl (C=O) groups excluding carboxylic acids is 1. The summed E-state index contributed by atoms with van der Waals surface area (Å²) < 4.78 is 6.99. The van der Waals surface area contributed by atoms with Gasteiger partial charge in [-0.2, -0.15) is 10.1 Å². The molecule has 0 radical (unpaired) electrons. The largest absolute Gasteiger partial charge is 0.352 e. The fraction of sp³-hybridized carbons (Fsp3) is 0.400. The molecule has 0 spiro atoms. The fourth-order valence-corrected chi connectivity index (χ4v) is 2.66. The lowest BCUT2D eigenvalue weighted by Crippen LogP contribution is -2.22. The number of aromatic nitrogens is 4. The van der Waals surface area contributed by atoms with E-state index in [1.807, 2.05) is 51.2 Å². The number of benzene rings is 1. The SMILES string of the molecule is CC(C)(C)c1noc(CCCC(=O)NCc2cnn(-c3ccc(Cl)cc3)c2)n1. The van der Waals surface area contributed by atoms with Crippen LogP contribution in [0.4, 0.5) is 0 Å². The Balaban J connectivity index is 1.42. The van der Waals surface area contributed by atoms with E-state index in [4.69, 9.17) is 16.1 Å². The minimum absolute atomic E-state index is 0.0187. The topological polar surface area (TPSA) is 85.8 Å². The first-order chi connectivity index (χ1) is 13.3. The molecule has 3 rings (SSSR count). The smallest absolute Gasteiger partial charge is 0.226 e. The van der Waals surface area contributed by atoms with Gasteiger partial charge in [0.15, 0.2) is 5.82 Å². The molecule has 7 nitrogen and oxygen atoms in total. The van der Waals surface area contributed by atoms with Crippen molar-refractivity contribution in [3.05, 3.63) is 59.0 Å². The van der Waals surface area contributed by atoms with Crippen LogP contribution in [-0.4, -0.2) is 25.8 Å². The van der Waals surface area contributed by atoms with E-state index in [-0.39, 0.29) is 11.3 Å². The summed E-state index contributed by atoms with van der Waals surface area (Å²) in [5.41, 5.74) is 1.70. The number of carbonyl (C=O) groups is 1. The number of hydrogen-bond acceptors (Lipinski definition) is 5. The minimum Gasteiger partial charge on any atom is -0.352 e. The highest BCUT2D eigenvalue weighted by Gasteiger charge is 2.20. The average Bonchev–Trinajstić information content (AvgIpc) is 3.30. The van der Waals surface area contributed by atoms with Crippen LogP contribution in [0.1, 0.15) is 50.9 Å². The number of aryl methyl sites for hydroxylation is 1. The number of nitrogens with one attached hydrogen (secondary N) is 1. The van der Waals surface area contributed by atoms with Crippen molar-refractivity contribution >= 4 is 17.5 Å². The van der Waals surface area contributed by atoms with Gasteiger partial charge in [0.1, 0.15) is 0 Å². The van der Waals surface area contributed by atoms with E-state index in [2.05, 4.69) is 20.6 Å². The minimum atomic E-state index is -0.143. The summed E-state index contributed by atoms with van der Waals surface area (Å²) in [5.74, 6) is 1.24. The Morgan fingerprint density at radius 2 is 2.00 bits per heavy atom. The first-order valence-corrected chi connectivity index (χ1v) is 9.58. The second-order valence-corrected chi connectivity index (χ2v) is 8.10. The first-order valence-electron chi connectivity index (χ1n) is 9.20. The molecule has 1 amide bonds. The third-order valence-corrected chi connectivity index (χ3v) is 4.40. The van der Waals surface area contributed by atoms with Gasteiger partial charge in [0, 0.05) is 41.6 Å². The molecule has 148 valence electrons. The van der Waals surface area contributed by atoms with Crippen molar-refractivity contribution in [2.24, 2.45) is 0 Å². The Hall–Kier alpha value is -2.67. The van der Waals surface area contributed by atoms with Gasteiger partial charge in [-0.05, 0) is 30.7 Å². The van der Waals surface area contributed by atoms with Crippen LogP contribution in [0.25, 0.3) is 5.69 Å². The summed E-state index contributed by atoms with van der Waals surface area (Å²) >= 11 is 5.90. The summed E-state index contributed by atoms with van der Waals surface area (Å²) in [5, 5.41) is 11.9. The number of hydrogen-bond donors (Lipinski definition) is 1. The van der Waals surface area contributed by atoms with E-state index in [9.17, 15) is 4.79 Å². The van der Waals surface area contributed by atoms with Gasteiger partial charge in [0.05, 0.1) is 11.9 Å². The summed E-state index contributed by atoms with van der Waals surface area (Å²) in [6.07, 6.45) is 5.27. The van der Waals surface area contributed by atoms with Gasteiger partial charge in [-0.25, -0.2) is 4.68 Å². The van der Waals surface area contributed by atoms with E-state index in [0.29, 0.717) is 42.5 Å². The lowest BCUT2D eigenvalue weighted by atomic mass is 9.96. The molecule has 2 aromatic heterocycles. The predicted molar refractivity (Wildman–Crippen MR) is 106 cm³/mol. The molecule has 3 aromatic rings. The highest BCUT2D eigenvalue weighted by atomic mass is 35.5. The molecule has 1 N–H and O–H groups in total. The average molecular weight is 402 g/mol. The zero-order valence-electron chi connectivity index (χ0n) is 16.3. The summed E-state index contributed by atoms with van der Waals surface area (Å²) in [6.45, 7) is 6.53. The maximum atomic E-state index is 12.1. The van der Waals surface area contributed by atoms with Gasteiger partial charge in [-0.1, -0.05) is 37.5 Å². The highest BCUT2D eigenvalue weighted by molar-refractivity contribution is 6.30. The normalized spacial score (nSPS) is 11.6. The summed E-state index contributed by atoms with van der Waals surface area (Å²) in [7, 11) is 0. The van der Waals surface area contributed by atoms with Crippen LogP contribution in [0.2, 0.25) is 5.02 Å². The van der Waals surface area contributed by atoms with Gasteiger partial charge >= 0.3 is 0 Å². The number of rotatable bonds is 7. The zero-order valence-corrected chi connectivity index (χ0v) is 17.0. The van der Waals surface area contributed by atoms with Gasteiger partial charge in [-0.3, -0.25) is 4.79 Å². The van der Waals surface area contributed by atoms with E-state index in [1.165, 1.54) is 0 Å². The van der Waals surface area contributed by atoms with Crippen LogP contribution in [0.3, 0.4) is 0 Å². The maximum Gasteiger partial charge on any atom is 0.226 e. The number of amides is 1. The van der Waals surface area contributed by atoms with Gasteiger partial charge in [-0.15, -0.1) is 0 Å². The molecule has 0 aliphatic rings. The molecule has 0 bridgehead atoms. The highest BCUT2D eigenvalue weighted by Crippen LogP contribution is 2.19. The Morgan fingerprint density at radius 3 is 2.68 bits per heavy atom. The van der Waals surface area contributed by atoms with Crippen molar-refractivity contribution in [2.75, 3.05) is 0 Å². The standard InChI is InChI=1S/C20H24ClN5O2/c1-20(2,3)19-24-18(28-25-19)6-4-5-17(27)22-11-14-12-23-26(13-14)16-9-7-15(21)8-10-16/h7-10,12-13H,4-6,11H2,1-3H3,(H,22,27). The van der Waals surface area contributed by atoms with Crippen molar-refractivity contribution in [2.45, 2.75) is 52.0 Å².